The van der Waals surface area contributed by atoms with Crippen LogP contribution >= 0.6 is 0 Å². The highest BCUT2D eigenvalue weighted by Gasteiger charge is 2.20. The van der Waals surface area contributed by atoms with E-state index in [1.54, 1.807) is 4.90 Å². The van der Waals surface area contributed by atoms with Crippen LogP contribution in [0, 0.1) is 0 Å². The van der Waals surface area contributed by atoms with Gasteiger partial charge in [-0.15, -0.1) is 0 Å². The third-order valence-corrected chi connectivity index (χ3v) is 3.07. The molecule has 4 nitrogen and oxygen atoms in total. The Morgan fingerprint density at radius 2 is 2.00 bits per heavy atom. The standard InChI is InChI=1S/C6H13NO3S/c8-5-6(9)7-1-3-11(10)4-2-7/h6,8-9H,1-5H2. The van der Waals surface area contributed by atoms with Crippen molar-refractivity contribution in [2.45, 2.75) is 6.23 Å². The maximum absolute atomic E-state index is 10.9. The van der Waals surface area contributed by atoms with Crippen molar-refractivity contribution >= 4 is 10.8 Å². The topological polar surface area (TPSA) is 60.8 Å². The summed E-state index contributed by atoms with van der Waals surface area (Å²) in [4.78, 5) is 1.74. The minimum Gasteiger partial charge on any atom is -0.392 e. The lowest BCUT2D eigenvalue weighted by Gasteiger charge is -2.29. The first-order valence-corrected chi connectivity index (χ1v) is 5.11. The summed E-state index contributed by atoms with van der Waals surface area (Å²) in [6.07, 6.45) is -0.771. The average Bonchev–Trinajstić information content (AvgIpc) is 2.05. The van der Waals surface area contributed by atoms with Gasteiger partial charge in [-0.1, -0.05) is 0 Å². The van der Waals surface area contributed by atoms with Crippen LogP contribution in [0.3, 0.4) is 0 Å². The number of aliphatic hydroxyl groups is 2. The van der Waals surface area contributed by atoms with Gasteiger partial charge in [0.2, 0.25) is 0 Å². The number of aliphatic hydroxyl groups excluding tert-OH is 2. The molecule has 0 spiro atoms. The van der Waals surface area contributed by atoms with Crippen LogP contribution in [0.15, 0.2) is 0 Å². The molecule has 0 aliphatic carbocycles. The molecule has 0 aromatic heterocycles. The van der Waals surface area contributed by atoms with Gasteiger partial charge >= 0.3 is 0 Å². The van der Waals surface area contributed by atoms with E-state index in [9.17, 15) is 4.21 Å². The molecule has 0 aromatic rings. The van der Waals surface area contributed by atoms with Crippen molar-refractivity contribution in [2.24, 2.45) is 0 Å². The summed E-state index contributed by atoms with van der Waals surface area (Å²) in [5.41, 5.74) is 0. The lowest BCUT2D eigenvalue weighted by molar-refractivity contribution is -0.0297. The second-order valence-electron chi connectivity index (χ2n) is 2.55. The molecule has 0 aromatic carbocycles. The van der Waals surface area contributed by atoms with E-state index < -0.39 is 17.0 Å². The van der Waals surface area contributed by atoms with Gasteiger partial charge in [0.05, 0.1) is 6.61 Å². The summed E-state index contributed by atoms with van der Waals surface area (Å²) in [6.45, 7) is 0.995. The SMILES string of the molecule is O=S1CCN(C(O)CO)CC1. The Morgan fingerprint density at radius 1 is 1.45 bits per heavy atom. The second-order valence-corrected chi connectivity index (χ2v) is 4.24. The summed E-state index contributed by atoms with van der Waals surface area (Å²) < 4.78 is 10.9. The Hall–Kier alpha value is 0.0300. The first kappa shape index (κ1) is 9.12. The molecule has 66 valence electrons. The normalized spacial score (nSPS) is 25.3. The number of nitrogens with zero attached hydrogens (tertiary/aromatic N) is 1. The van der Waals surface area contributed by atoms with E-state index in [1.807, 2.05) is 0 Å². The Labute approximate surface area is 68.3 Å². The highest BCUT2D eigenvalue weighted by Crippen LogP contribution is 2.02. The molecule has 1 saturated heterocycles. The van der Waals surface area contributed by atoms with Crippen molar-refractivity contribution in [3.05, 3.63) is 0 Å². The third kappa shape index (κ3) is 2.52. The lowest BCUT2D eigenvalue weighted by atomic mass is 10.4. The van der Waals surface area contributed by atoms with Crippen LogP contribution in [0.4, 0.5) is 0 Å². The van der Waals surface area contributed by atoms with E-state index >= 15 is 0 Å². The molecule has 0 saturated carbocycles. The average molecular weight is 179 g/mol. The zero-order valence-electron chi connectivity index (χ0n) is 6.27. The summed E-state index contributed by atoms with van der Waals surface area (Å²) in [7, 11) is -0.714. The van der Waals surface area contributed by atoms with Crippen LogP contribution in [-0.2, 0) is 10.8 Å². The van der Waals surface area contributed by atoms with Crippen LogP contribution in [0.1, 0.15) is 0 Å². The first-order chi connectivity index (χ1) is 5.24. The molecule has 1 fully saturated rings. The fraction of sp³-hybridized carbons (Fsp3) is 1.00. The van der Waals surface area contributed by atoms with Crippen LogP contribution in [0.25, 0.3) is 0 Å². The fourth-order valence-electron chi connectivity index (χ4n) is 1.07. The van der Waals surface area contributed by atoms with Gasteiger partial charge in [-0.3, -0.25) is 9.11 Å². The number of hydrogen-bond donors (Lipinski definition) is 2. The van der Waals surface area contributed by atoms with Gasteiger partial charge in [-0.2, -0.15) is 0 Å². The molecule has 1 atom stereocenters. The second kappa shape index (κ2) is 4.15. The van der Waals surface area contributed by atoms with Crippen LogP contribution in [0.2, 0.25) is 0 Å². The molecule has 11 heavy (non-hydrogen) atoms. The monoisotopic (exact) mass is 179 g/mol. The summed E-state index contributed by atoms with van der Waals surface area (Å²) in [5.74, 6) is 1.22. The van der Waals surface area contributed by atoms with Crippen molar-refractivity contribution < 1.29 is 14.4 Å². The van der Waals surface area contributed by atoms with E-state index in [-0.39, 0.29) is 6.61 Å². The van der Waals surface area contributed by atoms with Gasteiger partial charge in [0.1, 0.15) is 6.23 Å². The van der Waals surface area contributed by atoms with Crippen molar-refractivity contribution in [1.29, 1.82) is 0 Å². The summed E-state index contributed by atoms with van der Waals surface area (Å²) in [6, 6.07) is 0. The smallest absolute Gasteiger partial charge is 0.130 e. The highest BCUT2D eigenvalue weighted by atomic mass is 32.2. The Kier molecular flexibility index (Phi) is 3.45. The Bertz CT molecular complexity index is 143. The minimum absolute atomic E-state index is 0.243. The maximum Gasteiger partial charge on any atom is 0.130 e. The van der Waals surface area contributed by atoms with Gasteiger partial charge in [-0.25, -0.2) is 0 Å². The molecule has 2 N–H and O–H groups in total. The van der Waals surface area contributed by atoms with Crippen LogP contribution in [0.5, 0.6) is 0 Å². The van der Waals surface area contributed by atoms with E-state index in [0.29, 0.717) is 24.6 Å². The predicted octanol–water partition coefficient (Wildman–Crippen LogP) is -1.64. The molecule has 0 amide bonds. The quantitative estimate of drug-likeness (QED) is 0.534. The summed E-state index contributed by atoms with van der Waals surface area (Å²) >= 11 is 0. The Morgan fingerprint density at radius 3 is 2.45 bits per heavy atom. The summed E-state index contributed by atoms with van der Waals surface area (Å²) in [5, 5.41) is 17.7. The van der Waals surface area contributed by atoms with Gasteiger partial charge in [0, 0.05) is 35.4 Å². The zero-order valence-corrected chi connectivity index (χ0v) is 7.09. The maximum atomic E-state index is 10.9. The van der Waals surface area contributed by atoms with Crippen molar-refractivity contribution in [3.63, 3.8) is 0 Å². The van der Waals surface area contributed by atoms with Crippen LogP contribution < -0.4 is 0 Å². The number of rotatable bonds is 2. The number of hydrogen-bond acceptors (Lipinski definition) is 4. The molecule has 5 heteroatoms. The molecule has 1 heterocycles. The molecule has 1 unspecified atom stereocenters. The molecule has 1 aliphatic rings. The molecular weight excluding hydrogens is 166 g/mol. The third-order valence-electron chi connectivity index (χ3n) is 1.80. The van der Waals surface area contributed by atoms with Gasteiger partial charge in [-0.05, 0) is 0 Å². The van der Waals surface area contributed by atoms with Crippen molar-refractivity contribution in [2.75, 3.05) is 31.2 Å². The highest BCUT2D eigenvalue weighted by molar-refractivity contribution is 7.85. The lowest BCUT2D eigenvalue weighted by Crippen LogP contribution is -2.45. The van der Waals surface area contributed by atoms with E-state index in [0.717, 1.165) is 0 Å². The van der Waals surface area contributed by atoms with Gasteiger partial charge in [0.25, 0.3) is 0 Å². The first-order valence-electron chi connectivity index (χ1n) is 3.62. The van der Waals surface area contributed by atoms with Crippen molar-refractivity contribution in [1.82, 2.24) is 4.90 Å². The molecule has 0 bridgehead atoms. The predicted molar refractivity (Wildman–Crippen MR) is 42.5 cm³/mol. The largest absolute Gasteiger partial charge is 0.392 e. The van der Waals surface area contributed by atoms with Gasteiger partial charge in [0.15, 0.2) is 0 Å². The molecular formula is C6H13NO3S. The fourth-order valence-corrected chi connectivity index (χ4v) is 2.15. The van der Waals surface area contributed by atoms with E-state index in [1.165, 1.54) is 0 Å². The molecule has 1 rings (SSSR count). The van der Waals surface area contributed by atoms with Crippen molar-refractivity contribution in [3.8, 4) is 0 Å². The zero-order chi connectivity index (χ0) is 8.27. The molecule has 1 aliphatic heterocycles. The Balaban J connectivity index is 2.32. The minimum atomic E-state index is -0.771. The van der Waals surface area contributed by atoms with Crippen LogP contribution in [-0.4, -0.2) is 56.8 Å². The van der Waals surface area contributed by atoms with E-state index in [2.05, 4.69) is 0 Å². The molecule has 0 radical (unpaired) electrons. The van der Waals surface area contributed by atoms with E-state index in [4.69, 9.17) is 10.2 Å². The van der Waals surface area contributed by atoms with Gasteiger partial charge < -0.3 is 10.2 Å².